The van der Waals surface area contributed by atoms with Gasteiger partial charge >= 0.3 is 0 Å². The number of nitrogens with zero attached hydrogens (tertiary/aromatic N) is 6. The molecule has 0 fully saturated rings. The number of alkyl halides is 4. The predicted molar refractivity (Wildman–Crippen MR) is 89.4 cm³/mol. The Bertz CT molecular complexity index is 1160. The van der Waals surface area contributed by atoms with Crippen molar-refractivity contribution in [2.75, 3.05) is 0 Å². The molecule has 0 N–H and O–H groups in total. The first-order valence-electron chi connectivity index (χ1n) is 8.29. The summed E-state index contributed by atoms with van der Waals surface area (Å²) < 4.78 is 54.3. The standard InChI is InChI=1S/C16H12F4N6S/c17-13(18)8-4-9(14(19)20)25(23-8)5-11-22-15-12-7-2-1-3-10(7)27-16(12)21-6-26(15)24-11/h4,6,13-14H,1-3,5H2. The Labute approximate surface area is 153 Å². The van der Waals surface area contributed by atoms with Crippen molar-refractivity contribution < 1.29 is 17.6 Å². The molecule has 1 aliphatic carbocycles. The number of hydrogen-bond donors (Lipinski definition) is 0. The SMILES string of the molecule is FC(F)c1cc(C(F)F)n(Cc2nc3c4c5c(sc4ncn3n2)CCC5)n1. The van der Waals surface area contributed by atoms with E-state index in [-0.39, 0.29) is 12.4 Å². The zero-order valence-electron chi connectivity index (χ0n) is 13.7. The summed E-state index contributed by atoms with van der Waals surface area (Å²) in [5, 5.41) is 8.80. The fourth-order valence-electron chi connectivity index (χ4n) is 3.50. The maximum atomic E-state index is 13.2. The summed E-state index contributed by atoms with van der Waals surface area (Å²) in [5.74, 6) is 0.216. The Morgan fingerprint density at radius 3 is 2.74 bits per heavy atom. The fraction of sp³-hybridized carbons (Fsp3) is 0.375. The smallest absolute Gasteiger partial charge is 0.256 e. The monoisotopic (exact) mass is 396 g/mol. The van der Waals surface area contributed by atoms with E-state index in [1.54, 1.807) is 11.3 Å². The molecule has 4 aromatic rings. The third-order valence-electron chi connectivity index (χ3n) is 4.65. The minimum atomic E-state index is -2.92. The second-order valence-corrected chi connectivity index (χ2v) is 7.42. The molecule has 0 unspecified atom stereocenters. The molecule has 4 heterocycles. The van der Waals surface area contributed by atoms with Gasteiger partial charge in [0.05, 0.1) is 5.39 Å². The van der Waals surface area contributed by atoms with Gasteiger partial charge in [-0.1, -0.05) is 0 Å². The van der Waals surface area contributed by atoms with E-state index in [4.69, 9.17) is 0 Å². The van der Waals surface area contributed by atoms with Crippen LogP contribution in [-0.4, -0.2) is 29.4 Å². The maximum absolute atomic E-state index is 13.2. The second-order valence-electron chi connectivity index (χ2n) is 6.33. The van der Waals surface area contributed by atoms with Crippen LogP contribution in [0.2, 0.25) is 0 Å². The molecule has 0 aliphatic heterocycles. The van der Waals surface area contributed by atoms with Crippen LogP contribution in [0.15, 0.2) is 12.4 Å². The molecule has 0 atom stereocenters. The van der Waals surface area contributed by atoms with Crippen LogP contribution in [0.1, 0.15) is 46.9 Å². The van der Waals surface area contributed by atoms with E-state index in [1.165, 1.54) is 21.3 Å². The Balaban J connectivity index is 1.59. The third-order valence-corrected chi connectivity index (χ3v) is 5.85. The molecular formula is C16H12F4N6S. The van der Waals surface area contributed by atoms with Crippen molar-refractivity contribution in [3.05, 3.63) is 40.0 Å². The first-order chi connectivity index (χ1) is 13.0. The summed E-state index contributed by atoms with van der Waals surface area (Å²) in [7, 11) is 0. The van der Waals surface area contributed by atoms with Crippen LogP contribution in [0.4, 0.5) is 17.6 Å². The van der Waals surface area contributed by atoms with Crippen molar-refractivity contribution in [3.63, 3.8) is 0 Å². The number of thiophene rings is 1. The molecule has 6 nitrogen and oxygen atoms in total. The molecule has 0 amide bonds. The summed E-state index contributed by atoms with van der Waals surface area (Å²) in [6, 6.07) is 0.719. The lowest BCUT2D eigenvalue weighted by Gasteiger charge is -2.03. The fourth-order valence-corrected chi connectivity index (χ4v) is 4.72. The average Bonchev–Trinajstić information content (AvgIpc) is 3.35. The van der Waals surface area contributed by atoms with Crippen LogP contribution in [0.25, 0.3) is 15.9 Å². The summed E-state index contributed by atoms with van der Waals surface area (Å²) in [4.78, 5) is 11.0. The molecule has 140 valence electrons. The lowest BCUT2D eigenvalue weighted by atomic mass is 10.2. The van der Waals surface area contributed by atoms with Gasteiger partial charge in [0.1, 0.15) is 29.1 Å². The third kappa shape index (κ3) is 2.59. The second kappa shape index (κ2) is 5.98. The topological polar surface area (TPSA) is 60.9 Å². The molecule has 27 heavy (non-hydrogen) atoms. The largest absolute Gasteiger partial charge is 0.282 e. The van der Waals surface area contributed by atoms with E-state index in [2.05, 4.69) is 20.2 Å². The van der Waals surface area contributed by atoms with E-state index in [0.29, 0.717) is 5.65 Å². The van der Waals surface area contributed by atoms with Crippen LogP contribution in [0.5, 0.6) is 0 Å². The lowest BCUT2D eigenvalue weighted by Crippen LogP contribution is -2.08. The van der Waals surface area contributed by atoms with Crippen LogP contribution in [0.3, 0.4) is 0 Å². The first-order valence-corrected chi connectivity index (χ1v) is 9.11. The quantitative estimate of drug-likeness (QED) is 0.490. The van der Waals surface area contributed by atoms with E-state index in [1.807, 2.05) is 0 Å². The number of aromatic nitrogens is 6. The molecule has 0 bridgehead atoms. The van der Waals surface area contributed by atoms with Crippen LogP contribution in [0, 0.1) is 0 Å². The van der Waals surface area contributed by atoms with Gasteiger partial charge in [0.2, 0.25) is 0 Å². The van der Waals surface area contributed by atoms with E-state index in [9.17, 15) is 17.6 Å². The van der Waals surface area contributed by atoms with E-state index >= 15 is 0 Å². The molecule has 0 spiro atoms. The predicted octanol–water partition coefficient (Wildman–Crippen LogP) is 3.95. The Morgan fingerprint density at radius 2 is 1.96 bits per heavy atom. The Kier molecular flexibility index (Phi) is 3.67. The summed E-state index contributed by atoms with van der Waals surface area (Å²) in [6.45, 7) is -0.220. The van der Waals surface area contributed by atoms with Crippen LogP contribution >= 0.6 is 11.3 Å². The van der Waals surface area contributed by atoms with Crippen molar-refractivity contribution in [2.24, 2.45) is 0 Å². The zero-order valence-corrected chi connectivity index (χ0v) is 14.6. The highest BCUT2D eigenvalue weighted by molar-refractivity contribution is 7.19. The van der Waals surface area contributed by atoms with Gasteiger partial charge in [-0.25, -0.2) is 32.0 Å². The number of rotatable bonds is 4. The molecular weight excluding hydrogens is 384 g/mol. The first kappa shape index (κ1) is 16.6. The lowest BCUT2D eigenvalue weighted by molar-refractivity contribution is 0.139. The van der Waals surface area contributed by atoms with Gasteiger partial charge in [-0.05, 0) is 30.9 Å². The molecule has 0 radical (unpaired) electrons. The molecule has 4 aromatic heterocycles. The molecule has 0 saturated heterocycles. The highest BCUT2D eigenvalue weighted by Crippen LogP contribution is 2.37. The Morgan fingerprint density at radius 1 is 1.11 bits per heavy atom. The molecule has 0 aromatic carbocycles. The Hall–Kier alpha value is -2.56. The normalized spacial score (nSPS) is 14.3. The average molecular weight is 396 g/mol. The van der Waals surface area contributed by atoms with Crippen LogP contribution in [-0.2, 0) is 19.4 Å². The van der Waals surface area contributed by atoms with Gasteiger partial charge in [-0.2, -0.15) is 5.10 Å². The number of aryl methyl sites for hydroxylation is 2. The summed E-state index contributed by atoms with van der Waals surface area (Å²) >= 11 is 1.64. The highest BCUT2D eigenvalue weighted by atomic mass is 32.1. The summed E-state index contributed by atoms with van der Waals surface area (Å²) in [5.41, 5.74) is 0.561. The molecule has 0 saturated carbocycles. The number of hydrogen-bond acceptors (Lipinski definition) is 5. The zero-order chi connectivity index (χ0) is 18.7. The van der Waals surface area contributed by atoms with Crippen molar-refractivity contribution in [2.45, 2.75) is 38.7 Å². The highest BCUT2D eigenvalue weighted by Gasteiger charge is 2.24. The van der Waals surface area contributed by atoms with Crippen LogP contribution < -0.4 is 0 Å². The van der Waals surface area contributed by atoms with Gasteiger partial charge in [-0.3, -0.25) is 4.68 Å². The van der Waals surface area contributed by atoms with Gasteiger partial charge < -0.3 is 0 Å². The van der Waals surface area contributed by atoms with Gasteiger partial charge in [0.15, 0.2) is 11.5 Å². The molecule has 11 heteroatoms. The minimum absolute atomic E-state index is 0.216. The number of halogens is 4. The maximum Gasteiger partial charge on any atom is 0.282 e. The van der Waals surface area contributed by atoms with Crippen molar-refractivity contribution >= 4 is 27.2 Å². The van der Waals surface area contributed by atoms with Gasteiger partial charge in [-0.15, -0.1) is 16.4 Å². The molecule has 5 rings (SSSR count). The molecule has 1 aliphatic rings. The van der Waals surface area contributed by atoms with Crippen molar-refractivity contribution in [3.8, 4) is 0 Å². The van der Waals surface area contributed by atoms with Crippen molar-refractivity contribution in [1.82, 2.24) is 29.4 Å². The van der Waals surface area contributed by atoms with Crippen molar-refractivity contribution in [1.29, 1.82) is 0 Å². The minimum Gasteiger partial charge on any atom is -0.256 e. The van der Waals surface area contributed by atoms with E-state index in [0.717, 1.165) is 40.2 Å². The van der Waals surface area contributed by atoms with Gasteiger partial charge in [0, 0.05) is 4.88 Å². The summed E-state index contributed by atoms with van der Waals surface area (Å²) in [6.07, 6.45) is -1.26. The van der Waals surface area contributed by atoms with Gasteiger partial charge in [0.25, 0.3) is 12.9 Å². The number of fused-ring (bicyclic) bond motifs is 5. The van der Waals surface area contributed by atoms with E-state index < -0.39 is 24.2 Å².